The number of carbonyl (C=O) groups is 1. The van der Waals surface area contributed by atoms with Gasteiger partial charge in [0.2, 0.25) is 5.76 Å². The fraction of sp³-hybridized carbons (Fsp3) is 0.444. The van der Waals surface area contributed by atoms with Crippen LogP contribution >= 0.6 is 0 Å². The molecule has 0 unspecified atom stereocenters. The number of aliphatic hydroxyl groups is 1. The number of likely N-dealkylation sites (N-methyl/N-ethyl adjacent to an activating group) is 1. The van der Waals surface area contributed by atoms with Gasteiger partial charge in [0.1, 0.15) is 18.0 Å². The largest absolute Gasteiger partial charge is 0.488 e. The van der Waals surface area contributed by atoms with Crippen LogP contribution in [0, 0.1) is 6.92 Å². The zero-order valence-corrected chi connectivity index (χ0v) is 13.9. The summed E-state index contributed by atoms with van der Waals surface area (Å²) in [4.78, 5) is 14.0. The normalized spacial score (nSPS) is 23.7. The average Bonchev–Trinajstić information content (AvgIpc) is 3.03. The Kier molecular flexibility index (Phi) is 4.85. The molecule has 0 aliphatic heterocycles. The molecule has 128 valence electrons. The molecule has 6 heteroatoms. The molecule has 0 radical (unpaired) electrons. The molecule has 2 aromatic rings. The second-order valence-electron chi connectivity index (χ2n) is 6.21. The van der Waals surface area contributed by atoms with Gasteiger partial charge in [-0.25, -0.2) is 0 Å². The van der Waals surface area contributed by atoms with Gasteiger partial charge in [-0.05, 0) is 38.3 Å². The number of carbonyl (C=O) groups excluding carboxylic acids is 1. The molecule has 1 fully saturated rings. The van der Waals surface area contributed by atoms with Crippen LogP contribution in [0.15, 0.2) is 40.9 Å². The molecule has 1 aromatic heterocycles. The standard InChI is InChI=1S/C18H22N2O4/c1-12-11-16(24-19-12)18(22)20(2)14-9-6-10-15(17(14)21)23-13-7-4-3-5-8-13/h3-5,7-8,11,14-15,17,21H,6,9-10H2,1-2H3/t14-,15-,17-/m1/s1. The molecular weight excluding hydrogens is 308 g/mol. The molecule has 1 aliphatic carbocycles. The molecule has 0 bridgehead atoms. The quantitative estimate of drug-likeness (QED) is 0.932. The fourth-order valence-electron chi connectivity index (χ4n) is 3.13. The predicted octanol–water partition coefficient (Wildman–Crippen LogP) is 2.42. The lowest BCUT2D eigenvalue weighted by molar-refractivity contribution is -0.0419. The Balaban J connectivity index is 1.70. The summed E-state index contributed by atoms with van der Waals surface area (Å²) in [5.41, 5.74) is 0.654. The summed E-state index contributed by atoms with van der Waals surface area (Å²) in [7, 11) is 1.68. The maximum absolute atomic E-state index is 12.5. The summed E-state index contributed by atoms with van der Waals surface area (Å²) in [6.07, 6.45) is 1.28. The van der Waals surface area contributed by atoms with E-state index >= 15 is 0 Å². The van der Waals surface area contributed by atoms with Crippen molar-refractivity contribution in [2.24, 2.45) is 0 Å². The van der Waals surface area contributed by atoms with Gasteiger partial charge in [0.15, 0.2) is 0 Å². The molecule has 0 spiro atoms. The number of rotatable bonds is 4. The van der Waals surface area contributed by atoms with Gasteiger partial charge in [0, 0.05) is 13.1 Å². The highest BCUT2D eigenvalue weighted by Crippen LogP contribution is 2.27. The maximum atomic E-state index is 12.5. The predicted molar refractivity (Wildman–Crippen MR) is 87.8 cm³/mol. The van der Waals surface area contributed by atoms with Gasteiger partial charge in [0.25, 0.3) is 5.91 Å². The van der Waals surface area contributed by atoms with Gasteiger partial charge in [0.05, 0.1) is 11.7 Å². The van der Waals surface area contributed by atoms with Crippen molar-refractivity contribution in [3.8, 4) is 5.75 Å². The molecule has 3 rings (SSSR count). The van der Waals surface area contributed by atoms with Crippen LogP contribution in [0.25, 0.3) is 0 Å². The molecule has 24 heavy (non-hydrogen) atoms. The highest BCUT2D eigenvalue weighted by atomic mass is 16.5. The smallest absolute Gasteiger partial charge is 0.292 e. The van der Waals surface area contributed by atoms with Gasteiger partial charge >= 0.3 is 0 Å². The van der Waals surface area contributed by atoms with E-state index in [1.807, 2.05) is 30.3 Å². The number of aromatic nitrogens is 1. The molecule has 1 aliphatic rings. The van der Waals surface area contributed by atoms with E-state index in [0.717, 1.165) is 25.0 Å². The van der Waals surface area contributed by atoms with Gasteiger partial charge in [-0.2, -0.15) is 0 Å². The number of hydrogen-bond donors (Lipinski definition) is 1. The molecule has 1 amide bonds. The first-order valence-electron chi connectivity index (χ1n) is 8.16. The number of aryl methyl sites for hydroxylation is 1. The van der Waals surface area contributed by atoms with Gasteiger partial charge in [-0.15, -0.1) is 0 Å². The highest BCUT2D eigenvalue weighted by molar-refractivity contribution is 5.91. The minimum absolute atomic E-state index is 0.188. The van der Waals surface area contributed by atoms with E-state index in [-0.39, 0.29) is 23.8 Å². The number of aliphatic hydroxyl groups excluding tert-OH is 1. The lowest BCUT2D eigenvalue weighted by Gasteiger charge is -2.39. The van der Waals surface area contributed by atoms with E-state index in [4.69, 9.17) is 9.26 Å². The minimum Gasteiger partial charge on any atom is -0.488 e. The monoisotopic (exact) mass is 330 g/mol. The zero-order valence-electron chi connectivity index (χ0n) is 13.9. The highest BCUT2D eigenvalue weighted by Gasteiger charge is 2.38. The van der Waals surface area contributed by atoms with Crippen molar-refractivity contribution in [1.29, 1.82) is 0 Å². The second kappa shape index (κ2) is 7.05. The summed E-state index contributed by atoms with van der Waals surface area (Å²) in [5.74, 6) is 0.635. The number of nitrogens with zero attached hydrogens (tertiary/aromatic N) is 2. The van der Waals surface area contributed by atoms with E-state index in [9.17, 15) is 9.90 Å². The SMILES string of the molecule is Cc1cc(C(=O)N(C)[C@@H]2CCC[C@@H](Oc3ccccc3)[C@@H]2O)on1. The first-order valence-corrected chi connectivity index (χ1v) is 8.16. The third kappa shape index (κ3) is 3.43. The number of ether oxygens (including phenoxy) is 1. The third-order valence-electron chi connectivity index (χ3n) is 4.45. The van der Waals surface area contributed by atoms with Crippen LogP contribution in [0.4, 0.5) is 0 Å². The molecule has 1 saturated carbocycles. The summed E-state index contributed by atoms with van der Waals surface area (Å²) in [6, 6.07) is 10.7. The Morgan fingerprint density at radius 3 is 2.75 bits per heavy atom. The van der Waals surface area contributed by atoms with Gasteiger partial charge in [-0.3, -0.25) is 4.79 Å². The number of hydrogen-bond acceptors (Lipinski definition) is 5. The topological polar surface area (TPSA) is 75.8 Å². The van der Waals surface area contributed by atoms with E-state index in [2.05, 4.69) is 5.16 Å². The van der Waals surface area contributed by atoms with Crippen LogP contribution in [0.1, 0.15) is 35.5 Å². The van der Waals surface area contributed by atoms with Crippen molar-refractivity contribution in [1.82, 2.24) is 10.1 Å². The summed E-state index contributed by atoms with van der Waals surface area (Å²) < 4.78 is 11.0. The first-order chi connectivity index (χ1) is 11.6. The van der Waals surface area contributed by atoms with Crippen molar-refractivity contribution < 1.29 is 19.2 Å². The minimum atomic E-state index is -0.753. The van der Waals surface area contributed by atoms with Crippen molar-refractivity contribution in [3.05, 3.63) is 47.9 Å². The first kappa shape index (κ1) is 16.5. The van der Waals surface area contributed by atoms with Gasteiger partial charge < -0.3 is 19.3 Å². The maximum Gasteiger partial charge on any atom is 0.292 e. The van der Waals surface area contributed by atoms with Crippen molar-refractivity contribution in [2.45, 2.75) is 44.4 Å². The molecule has 6 nitrogen and oxygen atoms in total. The van der Waals surface area contributed by atoms with Crippen LogP contribution in [-0.4, -0.2) is 46.4 Å². The Labute approximate surface area is 141 Å². The number of para-hydroxylation sites is 1. The van der Waals surface area contributed by atoms with Crippen LogP contribution in [0.2, 0.25) is 0 Å². The van der Waals surface area contributed by atoms with Crippen LogP contribution in [-0.2, 0) is 0 Å². The van der Waals surface area contributed by atoms with E-state index in [1.165, 1.54) is 4.90 Å². The molecule has 3 atom stereocenters. The van der Waals surface area contributed by atoms with Crippen LogP contribution in [0.5, 0.6) is 5.75 Å². The summed E-state index contributed by atoms with van der Waals surface area (Å²) in [5, 5.41) is 14.4. The Morgan fingerprint density at radius 2 is 2.08 bits per heavy atom. The van der Waals surface area contributed by atoms with Crippen molar-refractivity contribution in [3.63, 3.8) is 0 Å². The third-order valence-corrected chi connectivity index (χ3v) is 4.45. The Bertz CT molecular complexity index is 685. The molecular formula is C18H22N2O4. The molecule has 0 saturated heterocycles. The van der Waals surface area contributed by atoms with E-state index in [0.29, 0.717) is 5.69 Å². The van der Waals surface area contributed by atoms with E-state index in [1.54, 1.807) is 20.0 Å². The number of benzene rings is 1. The summed E-state index contributed by atoms with van der Waals surface area (Å²) >= 11 is 0. The second-order valence-corrected chi connectivity index (χ2v) is 6.21. The lowest BCUT2D eigenvalue weighted by Crippen LogP contribution is -2.53. The average molecular weight is 330 g/mol. The number of amides is 1. The molecule has 1 aromatic carbocycles. The molecule has 1 heterocycles. The lowest BCUT2D eigenvalue weighted by atomic mass is 9.88. The Morgan fingerprint density at radius 1 is 1.33 bits per heavy atom. The summed E-state index contributed by atoms with van der Waals surface area (Å²) in [6.45, 7) is 1.76. The van der Waals surface area contributed by atoms with Crippen LogP contribution in [0.3, 0.4) is 0 Å². The van der Waals surface area contributed by atoms with Gasteiger partial charge in [-0.1, -0.05) is 23.4 Å². The molecule has 1 N–H and O–H groups in total. The Hall–Kier alpha value is -2.34. The van der Waals surface area contributed by atoms with Crippen molar-refractivity contribution in [2.75, 3.05) is 7.05 Å². The van der Waals surface area contributed by atoms with Crippen molar-refractivity contribution >= 4 is 5.91 Å². The van der Waals surface area contributed by atoms with E-state index < -0.39 is 6.10 Å². The fourth-order valence-corrected chi connectivity index (χ4v) is 3.13. The zero-order chi connectivity index (χ0) is 17.1. The van der Waals surface area contributed by atoms with Crippen LogP contribution < -0.4 is 4.74 Å².